The number of anilines is 8. The fourth-order valence-corrected chi connectivity index (χ4v) is 20.3. The van der Waals surface area contributed by atoms with Crippen LogP contribution in [0.3, 0.4) is 0 Å². The molecule has 9 aliphatic heterocycles. The highest BCUT2D eigenvalue weighted by atomic mass is 32.1. The van der Waals surface area contributed by atoms with Gasteiger partial charge in [-0.1, -0.05) is 78.1 Å². The first kappa shape index (κ1) is 101. The molecule has 33 heteroatoms. The van der Waals surface area contributed by atoms with Crippen molar-refractivity contribution in [1.29, 1.82) is 5.26 Å². The van der Waals surface area contributed by atoms with Crippen LogP contribution in [0, 0.1) is 11.3 Å². The summed E-state index contributed by atoms with van der Waals surface area (Å²) in [4.78, 5) is 106. The van der Waals surface area contributed by atoms with E-state index in [0.717, 1.165) is 295 Å². The number of morpholine rings is 1. The van der Waals surface area contributed by atoms with E-state index in [1.54, 1.807) is 25.4 Å². The average Bonchev–Trinajstić information content (AvgIpc) is 1.49. The summed E-state index contributed by atoms with van der Waals surface area (Å²) in [5.74, 6) is 3.49. The van der Waals surface area contributed by atoms with Gasteiger partial charge in [0.2, 0.25) is 0 Å². The van der Waals surface area contributed by atoms with Gasteiger partial charge in [0.1, 0.15) is 29.0 Å². The molecule has 0 spiro atoms. The molecule has 29 nitrogen and oxygen atoms in total. The fourth-order valence-electron chi connectivity index (χ4n) is 19.4. The monoisotopic (exact) mass is 1990 g/mol. The standard InChI is InChI=1S/C30H37N7O.C30H33N5O3.C27H22F3N5O.C27H25N5O2S/c1-36(2)14-4-11-32-29-10-8-25(20-33-29)27-18-23-7-9-26(19-28(23)35-27)34-30(38)24-6-3-5-22(17-24)21-37-15-12-31-13-16-37;36-30(33-24-5-1-3-21(17-24)20-38-25-8-10-31-11-9-25)26-6-2-4-23-18-27(34-29(23)26)22-7-12-32-28(19-22)35-13-15-37-16-14-35;28-27(29,30)22-14-20(9-7-18(22)15-31)33-26(36)21-6-4-5-17-13-23(34-25(17)21)19-8-10-24(32-16-19)35-11-2-1-3-12-35;1-34-19-9-10-21-23(15-19)35-27(30-21)31-26(33)20-7-5-6-17-14-22(29-25(17)20)18-8-11-24(28-16-18)32-12-3-2-4-13-32/h3,5-10,17,19-20,31H,4,11-16,18,21H2,1-2H3,(H,32,33)(H,34,38);1-7,12,17,19,25,31H,8-11,13-16,18,20H2,(H,33,36);4-10,14,16H,1-3,11-13H2,(H,33,36);5-11,15-16H,2-4,12-14H2,1H3,(H,30,31,33). The second-order valence-corrected chi connectivity index (χ2v) is 38.9. The minimum absolute atomic E-state index is 0.0522. The predicted molar refractivity (Wildman–Crippen MR) is 575 cm³/mol. The number of para-hydroxylation sites is 3. The van der Waals surface area contributed by atoms with E-state index in [9.17, 15) is 32.3 Å². The first-order valence-electron chi connectivity index (χ1n) is 50.4. The predicted octanol–water partition coefficient (Wildman–Crippen LogP) is 19.4. The smallest absolute Gasteiger partial charge is 0.417 e. The van der Waals surface area contributed by atoms with Gasteiger partial charge in [-0.2, -0.15) is 18.4 Å². The van der Waals surface area contributed by atoms with E-state index in [2.05, 4.69) is 132 Å². The fraction of sp³-hybridized carbons (Fsp3) is 0.316. The van der Waals surface area contributed by atoms with Crippen LogP contribution in [0.2, 0.25) is 0 Å². The molecule has 4 amide bonds. The number of methoxy groups -OCH3 is 1. The molecule has 9 aliphatic rings. The second-order valence-electron chi connectivity index (χ2n) is 37.9. The van der Waals surface area contributed by atoms with Crippen molar-refractivity contribution in [2.45, 2.75) is 109 Å². The van der Waals surface area contributed by atoms with Crippen molar-refractivity contribution in [1.82, 2.24) is 45.4 Å². The zero-order chi connectivity index (χ0) is 101. The van der Waals surface area contributed by atoms with Crippen LogP contribution < -0.4 is 56.7 Å². The molecule has 0 saturated carbocycles. The Morgan fingerprint density at radius 1 is 0.510 bits per heavy atom. The Balaban J connectivity index is 0.000000124. The molecule has 5 fully saturated rings. The van der Waals surface area contributed by atoms with E-state index in [0.29, 0.717) is 72.7 Å². The van der Waals surface area contributed by atoms with Gasteiger partial charge in [0.05, 0.1) is 123 Å². The number of nitrogens with one attached hydrogen (secondary N) is 7. The Hall–Kier alpha value is -15.2. The van der Waals surface area contributed by atoms with Gasteiger partial charge in [-0.05, 0) is 264 Å². The van der Waals surface area contributed by atoms with E-state index in [1.807, 2.05) is 158 Å². The number of benzene rings is 8. The van der Waals surface area contributed by atoms with E-state index in [-0.39, 0.29) is 29.0 Å². The van der Waals surface area contributed by atoms with Gasteiger partial charge in [-0.15, -0.1) is 0 Å². The minimum Gasteiger partial charge on any atom is -0.497 e. The topological polar surface area (TPSA) is 334 Å². The van der Waals surface area contributed by atoms with Gasteiger partial charge in [0.25, 0.3) is 23.6 Å². The molecule has 752 valence electrons. The number of piperidine rings is 3. The lowest BCUT2D eigenvalue weighted by Crippen LogP contribution is -2.42. The van der Waals surface area contributed by atoms with Crippen LogP contribution in [0.4, 0.5) is 81.4 Å². The SMILES string of the molecule is CN(C)CCCNc1ccc(C2=Nc3cc(NC(=O)c4cccc(CN5CCNCC5)c4)ccc3C2)cn1.COc1ccc2nc(NC(=O)c3cccc4c3N=C(c3ccc(N5CCCCC5)nc3)C4)sc2c1.N#Cc1ccc(NC(=O)c2cccc3c2N=C(c2ccc(N4CCCCC4)nc2)C3)cc1C(F)(F)F.O=C(Nc1cccc(COC2CCNCC2)c1)c1cccc2c1N=C(c1ccnc(N3CCOCC3)c1)C2. The number of ether oxygens (including phenoxy) is 3. The highest BCUT2D eigenvalue weighted by Crippen LogP contribution is 2.41. The first-order chi connectivity index (χ1) is 71.8. The highest BCUT2D eigenvalue weighted by molar-refractivity contribution is 7.22. The third-order valence-corrected chi connectivity index (χ3v) is 28.2. The number of nitriles is 1. The Labute approximate surface area is 856 Å². The lowest BCUT2D eigenvalue weighted by atomic mass is 10.0. The summed E-state index contributed by atoms with van der Waals surface area (Å²) in [6.07, 6.45) is 16.1. The number of aromatic nitrogens is 5. The van der Waals surface area contributed by atoms with Crippen molar-refractivity contribution in [3.63, 3.8) is 0 Å². The average molecular weight is 2000 g/mol. The number of thiazole rings is 1. The third-order valence-electron chi connectivity index (χ3n) is 27.3. The summed E-state index contributed by atoms with van der Waals surface area (Å²) in [5.41, 5.74) is 19.5. The molecule has 0 radical (unpaired) electrons. The van der Waals surface area contributed by atoms with Crippen LogP contribution in [-0.2, 0) is 54.5 Å². The van der Waals surface area contributed by atoms with Gasteiger partial charge < -0.3 is 65.7 Å². The molecule has 0 unspecified atom stereocenters. The number of carbonyl (C=O) groups excluding carboxylic acids is 4. The number of hydrogen-bond donors (Lipinski definition) is 7. The quantitative estimate of drug-likeness (QED) is 0.0248. The molecule has 147 heavy (non-hydrogen) atoms. The number of carbonyl (C=O) groups is 4. The second kappa shape index (κ2) is 47.4. The summed E-state index contributed by atoms with van der Waals surface area (Å²) in [6.45, 7) is 16.7. The zero-order valence-electron chi connectivity index (χ0n) is 82.5. The van der Waals surface area contributed by atoms with Crippen molar-refractivity contribution in [2.75, 3.05) is 167 Å². The number of rotatable bonds is 26. The zero-order valence-corrected chi connectivity index (χ0v) is 83.4. The van der Waals surface area contributed by atoms with Crippen LogP contribution >= 0.6 is 11.3 Å². The van der Waals surface area contributed by atoms with Crippen LogP contribution in [-0.4, -0.2) is 213 Å². The molecule has 0 atom stereocenters. The van der Waals surface area contributed by atoms with Crippen molar-refractivity contribution in [2.24, 2.45) is 20.0 Å². The summed E-state index contributed by atoms with van der Waals surface area (Å²) in [7, 11) is 5.80. The Kier molecular flexibility index (Phi) is 32.4. The van der Waals surface area contributed by atoms with Crippen LogP contribution in [0.1, 0.15) is 166 Å². The van der Waals surface area contributed by atoms with Gasteiger partial charge in [0.15, 0.2) is 5.13 Å². The van der Waals surface area contributed by atoms with Gasteiger partial charge in [-0.25, -0.2) is 24.9 Å². The highest BCUT2D eigenvalue weighted by Gasteiger charge is 2.36. The number of amides is 4. The third kappa shape index (κ3) is 25.5. The molecule has 0 aliphatic carbocycles. The number of piperazine rings is 1. The number of aliphatic imine (C=N–C) groups is 4. The van der Waals surface area contributed by atoms with E-state index < -0.39 is 23.2 Å². The number of alkyl halides is 3. The molecule has 14 heterocycles. The molecular formula is C114H117F3N22O7S. The number of halogens is 3. The lowest BCUT2D eigenvalue weighted by Gasteiger charge is -2.28. The van der Waals surface area contributed by atoms with Gasteiger partial charge in [-0.3, -0.25) is 49.4 Å². The summed E-state index contributed by atoms with van der Waals surface area (Å²) >= 11 is 1.42. The van der Waals surface area contributed by atoms with E-state index in [1.165, 1.54) is 49.2 Å². The summed E-state index contributed by atoms with van der Waals surface area (Å²) in [5, 5.41) is 31.2. The molecule has 22 rings (SSSR count). The normalized spacial score (nSPS) is 15.8. The number of hydrogen-bond acceptors (Lipinski definition) is 26. The van der Waals surface area contributed by atoms with Crippen LogP contribution in [0.15, 0.2) is 251 Å². The molecule has 8 aromatic carbocycles. The Bertz CT molecular complexity index is 7120. The molecular weight excluding hydrogens is 1880 g/mol. The minimum atomic E-state index is -4.71. The van der Waals surface area contributed by atoms with Gasteiger partial charge >= 0.3 is 6.18 Å². The van der Waals surface area contributed by atoms with Crippen molar-refractivity contribution < 1.29 is 46.6 Å². The molecule has 5 aromatic heterocycles. The molecule has 13 aromatic rings. The number of fused-ring (bicyclic) bond motifs is 5. The largest absolute Gasteiger partial charge is 0.497 e. The van der Waals surface area contributed by atoms with Crippen molar-refractivity contribution >= 4 is 136 Å². The van der Waals surface area contributed by atoms with Crippen LogP contribution in [0.5, 0.6) is 5.75 Å². The molecule has 7 N–H and O–H groups in total. The maximum absolute atomic E-state index is 13.3. The van der Waals surface area contributed by atoms with Crippen molar-refractivity contribution in [3.05, 3.63) is 320 Å². The summed E-state index contributed by atoms with van der Waals surface area (Å²) < 4.78 is 57.7. The Morgan fingerprint density at radius 3 is 1.66 bits per heavy atom. The number of pyridine rings is 4. The molecule has 0 bridgehead atoms. The summed E-state index contributed by atoms with van der Waals surface area (Å²) in [6, 6.07) is 65.2. The first-order valence-corrected chi connectivity index (χ1v) is 51.2. The number of nitrogens with zero attached hydrogens (tertiary/aromatic N) is 15. The van der Waals surface area contributed by atoms with Gasteiger partial charge in [0, 0.05) is 174 Å². The maximum Gasteiger partial charge on any atom is 0.417 e. The van der Waals surface area contributed by atoms with Crippen molar-refractivity contribution in [3.8, 4) is 11.8 Å². The lowest BCUT2D eigenvalue weighted by molar-refractivity contribution is -0.137. The maximum atomic E-state index is 13.3. The van der Waals surface area contributed by atoms with E-state index in [4.69, 9.17) is 44.4 Å². The van der Waals surface area contributed by atoms with Crippen LogP contribution in [0.25, 0.3) is 10.2 Å². The van der Waals surface area contributed by atoms with E-state index >= 15 is 0 Å². The Morgan fingerprint density at radius 2 is 1.06 bits per heavy atom. The molecule has 5 saturated heterocycles.